The number of nitrogens with zero attached hydrogens (tertiary/aromatic N) is 4. The first-order chi connectivity index (χ1) is 14.9. The number of halogens is 3. The van der Waals surface area contributed by atoms with E-state index in [1.54, 1.807) is 24.3 Å². The number of H-pyrrole nitrogens is 1. The number of benzene rings is 2. The Morgan fingerprint density at radius 1 is 1.19 bits per heavy atom. The van der Waals surface area contributed by atoms with E-state index in [9.17, 15) is 18.0 Å². The maximum absolute atomic E-state index is 13.2. The summed E-state index contributed by atoms with van der Waals surface area (Å²) in [5, 5.41) is 12.5. The maximum Gasteiger partial charge on any atom is 0.416 e. The number of thioether (sulfide) groups is 1. The van der Waals surface area contributed by atoms with E-state index < -0.39 is 17.6 Å². The van der Waals surface area contributed by atoms with Gasteiger partial charge in [0.15, 0.2) is 0 Å². The summed E-state index contributed by atoms with van der Waals surface area (Å²) >= 11 is 1.11. The van der Waals surface area contributed by atoms with Crippen LogP contribution >= 0.6 is 11.8 Å². The van der Waals surface area contributed by atoms with Crippen LogP contribution in [-0.2, 0) is 11.0 Å². The van der Waals surface area contributed by atoms with Crippen molar-refractivity contribution in [3.8, 4) is 0 Å². The Kier molecular flexibility index (Phi) is 6.08. The van der Waals surface area contributed by atoms with Gasteiger partial charge in [-0.05, 0) is 36.6 Å². The van der Waals surface area contributed by atoms with E-state index in [0.29, 0.717) is 16.6 Å². The quantitative estimate of drug-likeness (QED) is 0.320. The molecule has 0 spiro atoms. The first-order valence-corrected chi connectivity index (χ1v) is 10.5. The molecule has 0 radical (unpaired) electrons. The Bertz CT molecular complexity index is 1080. The molecule has 0 unspecified atom stereocenters. The predicted octanol–water partition coefficient (Wildman–Crippen LogP) is 4.86. The number of amides is 1. The molecule has 1 saturated carbocycles. The van der Waals surface area contributed by atoms with E-state index in [-0.39, 0.29) is 11.4 Å². The molecule has 0 aliphatic heterocycles. The van der Waals surface area contributed by atoms with Gasteiger partial charge in [-0.2, -0.15) is 18.3 Å². The molecule has 0 atom stereocenters. The number of nitrogens with one attached hydrogen (secondary N) is 1. The molecule has 3 aromatic rings. The molecular formula is C21H18F3N5OS. The number of aromatic amines is 1. The number of hydrazone groups is 1. The van der Waals surface area contributed by atoms with E-state index in [1.807, 2.05) is 6.07 Å². The van der Waals surface area contributed by atoms with Crippen molar-refractivity contribution in [3.63, 3.8) is 0 Å². The molecule has 1 amide bonds. The second-order valence-electron chi connectivity index (χ2n) is 6.98. The zero-order valence-corrected chi connectivity index (χ0v) is 17.0. The van der Waals surface area contributed by atoms with Crippen LogP contribution in [-0.4, -0.2) is 33.1 Å². The van der Waals surface area contributed by atoms with Crippen LogP contribution in [0.5, 0.6) is 0 Å². The number of carbonyl (C=O) groups excluding carboxylic acids is 1. The molecule has 1 aromatic heterocycles. The van der Waals surface area contributed by atoms with Gasteiger partial charge in [-0.15, -0.1) is 5.10 Å². The van der Waals surface area contributed by atoms with Crippen LogP contribution in [0, 0.1) is 0 Å². The monoisotopic (exact) mass is 445 g/mol. The van der Waals surface area contributed by atoms with Crippen molar-refractivity contribution < 1.29 is 18.0 Å². The molecule has 1 aliphatic carbocycles. The third-order valence-corrected chi connectivity index (χ3v) is 5.38. The molecule has 0 bridgehead atoms. The van der Waals surface area contributed by atoms with Crippen molar-refractivity contribution in [2.45, 2.75) is 30.1 Å². The van der Waals surface area contributed by atoms with Crippen molar-refractivity contribution in [3.05, 3.63) is 71.5 Å². The summed E-state index contributed by atoms with van der Waals surface area (Å²) in [5.41, 5.74) is -0.113. The minimum Gasteiger partial charge on any atom is -0.272 e. The maximum atomic E-state index is 13.2. The first kappa shape index (κ1) is 21.1. The summed E-state index contributed by atoms with van der Waals surface area (Å²) in [4.78, 5) is 17.3. The molecule has 1 N–H and O–H groups in total. The molecular weight excluding hydrogens is 427 g/mol. The van der Waals surface area contributed by atoms with Crippen LogP contribution in [0.15, 0.2) is 64.9 Å². The molecule has 31 heavy (non-hydrogen) atoms. The van der Waals surface area contributed by atoms with E-state index >= 15 is 0 Å². The third kappa shape index (κ3) is 5.52. The van der Waals surface area contributed by atoms with Crippen LogP contribution in [0.25, 0.3) is 0 Å². The van der Waals surface area contributed by atoms with Crippen LogP contribution in [0.1, 0.15) is 35.7 Å². The van der Waals surface area contributed by atoms with Gasteiger partial charge in [0.2, 0.25) is 5.16 Å². The predicted molar refractivity (Wildman–Crippen MR) is 112 cm³/mol. The fourth-order valence-electron chi connectivity index (χ4n) is 2.80. The van der Waals surface area contributed by atoms with Gasteiger partial charge >= 0.3 is 6.18 Å². The highest BCUT2D eigenvalue weighted by molar-refractivity contribution is 7.99. The van der Waals surface area contributed by atoms with Crippen LogP contribution < -0.4 is 5.01 Å². The van der Waals surface area contributed by atoms with Gasteiger partial charge in [-0.3, -0.25) is 9.89 Å². The van der Waals surface area contributed by atoms with Crippen molar-refractivity contribution in [2.24, 2.45) is 5.10 Å². The van der Waals surface area contributed by atoms with Crippen molar-refractivity contribution in [2.75, 3.05) is 10.8 Å². The molecule has 4 rings (SSSR count). The Morgan fingerprint density at radius 3 is 2.68 bits per heavy atom. The average molecular weight is 445 g/mol. The Balaban J connectivity index is 1.55. The van der Waals surface area contributed by atoms with Gasteiger partial charge in [-0.1, -0.05) is 48.2 Å². The summed E-state index contributed by atoms with van der Waals surface area (Å²) < 4.78 is 39.5. The second-order valence-corrected chi connectivity index (χ2v) is 7.92. The lowest BCUT2D eigenvalue weighted by Gasteiger charge is -2.18. The number of hydrogen-bond acceptors (Lipinski definition) is 5. The molecule has 6 nitrogen and oxygen atoms in total. The van der Waals surface area contributed by atoms with Crippen LogP contribution in [0.4, 0.5) is 18.9 Å². The summed E-state index contributed by atoms with van der Waals surface area (Å²) in [6, 6.07) is 13.5. The molecule has 10 heteroatoms. The minimum absolute atomic E-state index is 0.0289. The van der Waals surface area contributed by atoms with E-state index in [0.717, 1.165) is 47.6 Å². The highest BCUT2D eigenvalue weighted by Gasteiger charge is 2.31. The molecule has 0 saturated heterocycles. The zero-order chi connectivity index (χ0) is 21.8. The number of carbonyl (C=O) groups is 1. The van der Waals surface area contributed by atoms with Gasteiger partial charge < -0.3 is 0 Å². The lowest BCUT2D eigenvalue weighted by molar-refractivity contribution is -0.137. The Labute approximate surface area is 180 Å². The smallest absolute Gasteiger partial charge is 0.272 e. The van der Waals surface area contributed by atoms with Gasteiger partial charge in [0.25, 0.3) is 5.91 Å². The van der Waals surface area contributed by atoms with Gasteiger partial charge in [-0.25, -0.2) is 9.99 Å². The fourth-order valence-corrected chi connectivity index (χ4v) is 3.45. The average Bonchev–Trinajstić information content (AvgIpc) is 3.51. The van der Waals surface area contributed by atoms with E-state index in [4.69, 9.17) is 0 Å². The van der Waals surface area contributed by atoms with E-state index in [2.05, 4.69) is 20.3 Å². The zero-order valence-electron chi connectivity index (χ0n) is 16.2. The second kappa shape index (κ2) is 8.93. The van der Waals surface area contributed by atoms with Gasteiger partial charge in [0, 0.05) is 5.92 Å². The van der Waals surface area contributed by atoms with Crippen molar-refractivity contribution in [1.82, 2.24) is 15.2 Å². The third-order valence-electron chi connectivity index (χ3n) is 4.55. The summed E-state index contributed by atoms with van der Waals surface area (Å²) in [6.07, 6.45) is -0.965. The Morgan fingerprint density at radius 2 is 1.97 bits per heavy atom. The standard InChI is InChI=1S/C21H18F3N5OS/c22-21(23,24)16-7-4-8-17(11-16)29(25-12-14-5-2-1-3-6-14)18(30)13-31-20-26-19(27-28-20)15-9-10-15/h1-8,11-12,15H,9-10,13H2,(H,26,27,28)/b25-12+. The van der Waals surface area contributed by atoms with Crippen LogP contribution in [0.3, 0.4) is 0 Å². The largest absolute Gasteiger partial charge is 0.416 e. The topological polar surface area (TPSA) is 74.2 Å². The normalized spacial score (nSPS) is 14.2. The molecule has 2 aromatic carbocycles. The molecule has 160 valence electrons. The number of aromatic nitrogens is 3. The summed E-state index contributed by atoms with van der Waals surface area (Å²) in [7, 11) is 0. The first-order valence-electron chi connectivity index (χ1n) is 9.54. The van der Waals surface area contributed by atoms with Gasteiger partial charge in [0.1, 0.15) is 5.82 Å². The van der Waals surface area contributed by atoms with Gasteiger partial charge in [0.05, 0.1) is 23.2 Å². The Hall–Kier alpha value is -3.14. The van der Waals surface area contributed by atoms with Crippen LogP contribution in [0.2, 0.25) is 0 Å². The SMILES string of the molecule is O=C(CSc1n[nH]c(C2CC2)n1)N(/N=C/c1ccccc1)c1cccc(C(F)(F)F)c1. The van der Waals surface area contributed by atoms with E-state index in [1.165, 1.54) is 18.3 Å². The number of rotatable bonds is 7. The minimum atomic E-state index is -4.53. The van der Waals surface area contributed by atoms with Crippen molar-refractivity contribution in [1.29, 1.82) is 0 Å². The molecule has 1 heterocycles. The summed E-state index contributed by atoms with van der Waals surface area (Å²) in [6.45, 7) is 0. The number of alkyl halides is 3. The lowest BCUT2D eigenvalue weighted by atomic mass is 10.2. The number of anilines is 1. The highest BCUT2D eigenvalue weighted by Crippen LogP contribution is 2.38. The summed E-state index contributed by atoms with van der Waals surface area (Å²) in [5.74, 6) is 0.625. The highest BCUT2D eigenvalue weighted by atomic mass is 32.2. The lowest BCUT2D eigenvalue weighted by Crippen LogP contribution is -2.28. The van der Waals surface area contributed by atoms with Crippen molar-refractivity contribution >= 4 is 29.6 Å². The molecule has 1 aliphatic rings. The number of hydrogen-bond donors (Lipinski definition) is 1. The fraction of sp³-hybridized carbons (Fsp3) is 0.238. The molecule has 1 fully saturated rings.